The van der Waals surface area contributed by atoms with Crippen LogP contribution in [0.1, 0.15) is 35.2 Å². The maximum absolute atomic E-state index is 6.26. The molecule has 0 aliphatic rings. The number of anilines is 1. The number of hydrogen-bond donors (Lipinski definition) is 1. The van der Waals surface area contributed by atoms with Crippen LogP contribution in [-0.2, 0) is 0 Å². The zero-order chi connectivity index (χ0) is 14.0. The Morgan fingerprint density at radius 1 is 1.00 bits per heavy atom. The zero-order valence-electron chi connectivity index (χ0n) is 11.9. The number of aryl methyl sites for hydroxylation is 3. The molecule has 2 rings (SSSR count). The van der Waals surface area contributed by atoms with Gasteiger partial charge in [-0.15, -0.1) is 0 Å². The van der Waals surface area contributed by atoms with Crippen LogP contribution >= 0.6 is 11.6 Å². The summed E-state index contributed by atoms with van der Waals surface area (Å²) in [6.07, 6.45) is 0. The lowest BCUT2D eigenvalue weighted by Gasteiger charge is -2.20. The number of halogens is 1. The molecular formula is C17H20ClN. The van der Waals surface area contributed by atoms with Gasteiger partial charge in [0, 0.05) is 6.04 Å². The summed E-state index contributed by atoms with van der Waals surface area (Å²) in [5, 5.41) is 4.30. The standard InChI is InChI=1S/C17H20ClN/c1-11-8-9-15(13(3)10-11)14(4)19-17-12(2)6-5-7-16(17)18/h5-10,14,19H,1-4H3. The van der Waals surface area contributed by atoms with E-state index in [4.69, 9.17) is 11.6 Å². The van der Waals surface area contributed by atoms with Crippen LogP contribution in [0.2, 0.25) is 5.02 Å². The number of hydrogen-bond acceptors (Lipinski definition) is 1. The first-order chi connectivity index (χ1) is 8.99. The van der Waals surface area contributed by atoms with Crippen molar-refractivity contribution in [1.82, 2.24) is 0 Å². The van der Waals surface area contributed by atoms with Crippen molar-refractivity contribution in [3.05, 3.63) is 63.7 Å². The van der Waals surface area contributed by atoms with E-state index in [9.17, 15) is 0 Å². The highest BCUT2D eigenvalue weighted by Crippen LogP contribution is 2.30. The van der Waals surface area contributed by atoms with Crippen LogP contribution in [-0.4, -0.2) is 0 Å². The van der Waals surface area contributed by atoms with Crippen LogP contribution in [0.15, 0.2) is 36.4 Å². The molecule has 100 valence electrons. The molecule has 1 unspecified atom stereocenters. The molecule has 0 aliphatic heterocycles. The van der Waals surface area contributed by atoms with E-state index < -0.39 is 0 Å². The highest BCUT2D eigenvalue weighted by Gasteiger charge is 2.11. The van der Waals surface area contributed by atoms with Crippen molar-refractivity contribution in [1.29, 1.82) is 0 Å². The summed E-state index contributed by atoms with van der Waals surface area (Å²) in [7, 11) is 0. The summed E-state index contributed by atoms with van der Waals surface area (Å²) >= 11 is 6.26. The summed E-state index contributed by atoms with van der Waals surface area (Å²) in [5.74, 6) is 0. The molecule has 1 N–H and O–H groups in total. The Bertz CT molecular complexity index is 570. The summed E-state index contributed by atoms with van der Waals surface area (Å²) in [6.45, 7) is 8.51. The third kappa shape index (κ3) is 3.10. The number of para-hydroxylation sites is 1. The van der Waals surface area contributed by atoms with Gasteiger partial charge < -0.3 is 5.32 Å². The molecule has 0 aliphatic carbocycles. The minimum Gasteiger partial charge on any atom is -0.377 e. The fourth-order valence-corrected chi connectivity index (χ4v) is 2.70. The van der Waals surface area contributed by atoms with Crippen molar-refractivity contribution in [2.75, 3.05) is 5.32 Å². The molecule has 0 aromatic heterocycles. The monoisotopic (exact) mass is 273 g/mol. The minimum atomic E-state index is 0.235. The quantitative estimate of drug-likeness (QED) is 0.785. The van der Waals surface area contributed by atoms with E-state index in [0.29, 0.717) is 0 Å². The Labute approximate surface area is 120 Å². The Hall–Kier alpha value is -1.47. The van der Waals surface area contributed by atoms with Gasteiger partial charge in [0.25, 0.3) is 0 Å². The van der Waals surface area contributed by atoms with Crippen molar-refractivity contribution in [2.45, 2.75) is 33.7 Å². The van der Waals surface area contributed by atoms with Gasteiger partial charge in [-0.1, -0.05) is 47.5 Å². The molecule has 1 atom stereocenters. The van der Waals surface area contributed by atoms with Crippen LogP contribution in [0, 0.1) is 20.8 Å². The summed E-state index contributed by atoms with van der Waals surface area (Å²) in [4.78, 5) is 0. The van der Waals surface area contributed by atoms with Gasteiger partial charge in [-0.05, 0) is 50.5 Å². The molecule has 0 heterocycles. The third-order valence-electron chi connectivity index (χ3n) is 3.47. The SMILES string of the molecule is Cc1ccc(C(C)Nc2c(C)cccc2Cl)c(C)c1. The first-order valence-corrected chi connectivity index (χ1v) is 6.95. The fourth-order valence-electron chi connectivity index (χ4n) is 2.42. The molecule has 0 saturated carbocycles. The van der Waals surface area contributed by atoms with E-state index >= 15 is 0 Å². The number of nitrogens with one attached hydrogen (secondary N) is 1. The van der Waals surface area contributed by atoms with Crippen LogP contribution in [0.3, 0.4) is 0 Å². The van der Waals surface area contributed by atoms with Gasteiger partial charge in [-0.3, -0.25) is 0 Å². The van der Waals surface area contributed by atoms with Gasteiger partial charge in [0.1, 0.15) is 0 Å². The van der Waals surface area contributed by atoms with E-state index in [1.54, 1.807) is 0 Å². The van der Waals surface area contributed by atoms with Crippen LogP contribution in [0.4, 0.5) is 5.69 Å². The van der Waals surface area contributed by atoms with E-state index in [-0.39, 0.29) is 6.04 Å². The van der Waals surface area contributed by atoms with Gasteiger partial charge in [-0.25, -0.2) is 0 Å². The lowest BCUT2D eigenvalue weighted by Crippen LogP contribution is -2.09. The molecule has 2 aromatic carbocycles. The Balaban J connectivity index is 2.28. The number of benzene rings is 2. The molecule has 0 saturated heterocycles. The van der Waals surface area contributed by atoms with E-state index in [1.165, 1.54) is 22.3 Å². The summed E-state index contributed by atoms with van der Waals surface area (Å²) in [5.41, 5.74) is 6.11. The van der Waals surface area contributed by atoms with Gasteiger partial charge >= 0.3 is 0 Å². The Morgan fingerprint density at radius 3 is 2.37 bits per heavy atom. The molecule has 19 heavy (non-hydrogen) atoms. The topological polar surface area (TPSA) is 12.0 Å². The van der Waals surface area contributed by atoms with E-state index in [1.807, 2.05) is 12.1 Å². The van der Waals surface area contributed by atoms with E-state index in [0.717, 1.165) is 10.7 Å². The van der Waals surface area contributed by atoms with Crippen LogP contribution < -0.4 is 5.32 Å². The normalized spacial score (nSPS) is 12.3. The second-order valence-electron chi connectivity index (χ2n) is 5.16. The fraction of sp³-hybridized carbons (Fsp3) is 0.294. The highest BCUT2D eigenvalue weighted by molar-refractivity contribution is 6.33. The molecule has 0 spiro atoms. The Morgan fingerprint density at radius 2 is 1.74 bits per heavy atom. The van der Waals surface area contributed by atoms with Gasteiger partial charge in [0.2, 0.25) is 0 Å². The number of rotatable bonds is 3. The smallest absolute Gasteiger partial charge is 0.0640 e. The first-order valence-electron chi connectivity index (χ1n) is 6.58. The van der Waals surface area contributed by atoms with Crippen molar-refractivity contribution in [3.63, 3.8) is 0 Å². The molecule has 0 bridgehead atoms. The lowest BCUT2D eigenvalue weighted by molar-refractivity contribution is 0.871. The highest BCUT2D eigenvalue weighted by atomic mass is 35.5. The molecule has 0 radical (unpaired) electrons. The van der Waals surface area contributed by atoms with Gasteiger partial charge in [0.05, 0.1) is 10.7 Å². The maximum Gasteiger partial charge on any atom is 0.0640 e. The van der Waals surface area contributed by atoms with Crippen LogP contribution in [0.25, 0.3) is 0 Å². The summed E-state index contributed by atoms with van der Waals surface area (Å²) in [6, 6.07) is 12.8. The third-order valence-corrected chi connectivity index (χ3v) is 3.79. The molecular weight excluding hydrogens is 254 g/mol. The average molecular weight is 274 g/mol. The molecule has 2 heteroatoms. The lowest BCUT2D eigenvalue weighted by atomic mass is 10.00. The predicted octanol–water partition coefficient (Wildman–Crippen LogP) is 5.44. The predicted molar refractivity (Wildman–Crippen MR) is 84.1 cm³/mol. The minimum absolute atomic E-state index is 0.235. The second kappa shape index (κ2) is 5.66. The molecule has 1 nitrogen and oxygen atoms in total. The largest absolute Gasteiger partial charge is 0.377 e. The molecule has 0 amide bonds. The Kier molecular flexibility index (Phi) is 4.16. The van der Waals surface area contributed by atoms with Crippen molar-refractivity contribution in [3.8, 4) is 0 Å². The van der Waals surface area contributed by atoms with Crippen molar-refractivity contribution >= 4 is 17.3 Å². The van der Waals surface area contributed by atoms with Crippen molar-refractivity contribution in [2.24, 2.45) is 0 Å². The molecule has 2 aromatic rings. The van der Waals surface area contributed by atoms with Gasteiger partial charge in [-0.2, -0.15) is 0 Å². The summed E-state index contributed by atoms with van der Waals surface area (Å²) < 4.78 is 0. The van der Waals surface area contributed by atoms with Crippen LogP contribution in [0.5, 0.6) is 0 Å². The zero-order valence-corrected chi connectivity index (χ0v) is 12.7. The second-order valence-corrected chi connectivity index (χ2v) is 5.57. The first kappa shape index (κ1) is 14.0. The maximum atomic E-state index is 6.26. The van der Waals surface area contributed by atoms with Crippen molar-refractivity contribution < 1.29 is 0 Å². The van der Waals surface area contributed by atoms with Gasteiger partial charge in [0.15, 0.2) is 0 Å². The average Bonchev–Trinajstić information content (AvgIpc) is 2.33. The molecule has 0 fully saturated rings. The van der Waals surface area contributed by atoms with E-state index in [2.05, 4.69) is 57.3 Å².